The van der Waals surface area contributed by atoms with Crippen LogP contribution in [0.15, 0.2) is 18.2 Å². The third-order valence-electron chi connectivity index (χ3n) is 6.47. The molecule has 108 valence electrons. The molecular formula is C19H27N. The first-order valence-electron chi connectivity index (χ1n) is 8.42. The number of likely N-dealkylation sites (tertiary alicyclic amines) is 1. The van der Waals surface area contributed by atoms with Gasteiger partial charge in [-0.2, -0.15) is 0 Å². The fourth-order valence-electron chi connectivity index (χ4n) is 4.68. The molecule has 1 aromatic carbocycles. The minimum absolute atomic E-state index is 0.407. The highest BCUT2D eigenvalue weighted by molar-refractivity contribution is 5.42. The Morgan fingerprint density at radius 1 is 1.30 bits per heavy atom. The minimum Gasteiger partial charge on any atom is -0.299 e. The normalized spacial score (nSPS) is 36.8. The average Bonchev–Trinajstić information content (AvgIpc) is 3.22. The van der Waals surface area contributed by atoms with Crippen molar-refractivity contribution in [3.63, 3.8) is 0 Å². The van der Waals surface area contributed by atoms with Crippen LogP contribution in [0, 0.1) is 18.8 Å². The molecule has 1 aliphatic heterocycles. The summed E-state index contributed by atoms with van der Waals surface area (Å²) in [5.74, 6) is 1.82. The Bertz CT molecular complexity index is 531. The molecular weight excluding hydrogens is 242 g/mol. The van der Waals surface area contributed by atoms with Gasteiger partial charge in [0.25, 0.3) is 0 Å². The molecule has 0 N–H and O–H groups in total. The molecule has 1 heteroatoms. The van der Waals surface area contributed by atoms with Crippen molar-refractivity contribution >= 4 is 0 Å². The molecule has 3 aliphatic rings. The van der Waals surface area contributed by atoms with Crippen molar-refractivity contribution in [2.45, 2.75) is 57.9 Å². The standard InChI is InChI=1S/C19H27N/c1-13-4-7-16-11-18-14(2)19(3,17(16)10-13)8-9-20(18)12-15-5-6-15/h4,7,10,14-15,18H,5-6,8-9,11-12H2,1-3H3. The summed E-state index contributed by atoms with van der Waals surface area (Å²) in [5.41, 5.74) is 5.12. The first-order chi connectivity index (χ1) is 9.58. The molecule has 3 unspecified atom stereocenters. The van der Waals surface area contributed by atoms with Gasteiger partial charge in [-0.3, -0.25) is 4.90 Å². The van der Waals surface area contributed by atoms with Crippen molar-refractivity contribution in [3.05, 3.63) is 34.9 Å². The molecule has 4 rings (SSSR count). The Balaban J connectivity index is 1.71. The largest absolute Gasteiger partial charge is 0.299 e. The van der Waals surface area contributed by atoms with E-state index in [4.69, 9.17) is 0 Å². The van der Waals surface area contributed by atoms with Gasteiger partial charge >= 0.3 is 0 Å². The number of benzene rings is 1. The third-order valence-corrected chi connectivity index (χ3v) is 6.47. The Morgan fingerprint density at radius 3 is 2.85 bits per heavy atom. The van der Waals surface area contributed by atoms with Gasteiger partial charge in [0, 0.05) is 12.6 Å². The quantitative estimate of drug-likeness (QED) is 0.786. The van der Waals surface area contributed by atoms with Crippen LogP contribution in [0.4, 0.5) is 0 Å². The summed E-state index contributed by atoms with van der Waals surface area (Å²) in [6.45, 7) is 9.95. The first kappa shape index (κ1) is 12.9. The van der Waals surface area contributed by atoms with Crippen LogP contribution in [0.2, 0.25) is 0 Å². The lowest BCUT2D eigenvalue weighted by Crippen LogP contribution is -2.58. The second-order valence-corrected chi connectivity index (χ2v) is 7.83. The molecule has 3 atom stereocenters. The number of rotatable bonds is 2. The maximum atomic E-state index is 2.83. The fraction of sp³-hybridized carbons (Fsp3) is 0.684. The van der Waals surface area contributed by atoms with E-state index in [0.717, 1.165) is 17.9 Å². The number of fused-ring (bicyclic) bond motifs is 4. The predicted molar refractivity (Wildman–Crippen MR) is 84.1 cm³/mol. The highest BCUT2D eigenvalue weighted by Crippen LogP contribution is 2.49. The number of nitrogens with zero attached hydrogens (tertiary/aromatic N) is 1. The fourth-order valence-corrected chi connectivity index (χ4v) is 4.68. The number of aryl methyl sites for hydroxylation is 1. The third kappa shape index (κ3) is 1.86. The Morgan fingerprint density at radius 2 is 2.10 bits per heavy atom. The van der Waals surface area contributed by atoms with E-state index in [-0.39, 0.29) is 0 Å². The zero-order chi connectivity index (χ0) is 13.9. The van der Waals surface area contributed by atoms with Crippen LogP contribution in [0.5, 0.6) is 0 Å². The number of piperidine rings is 1. The van der Waals surface area contributed by atoms with E-state index in [2.05, 4.69) is 43.9 Å². The molecule has 0 aromatic heterocycles. The topological polar surface area (TPSA) is 3.24 Å². The molecule has 20 heavy (non-hydrogen) atoms. The molecule has 2 aliphatic carbocycles. The van der Waals surface area contributed by atoms with E-state index >= 15 is 0 Å². The summed E-state index contributed by atoms with van der Waals surface area (Å²) in [5, 5.41) is 0. The molecule has 1 nitrogen and oxygen atoms in total. The van der Waals surface area contributed by atoms with Crippen molar-refractivity contribution in [2.24, 2.45) is 11.8 Å². The number of hydrogen-bond donors (Lipinski definition) is 0. The van der Waals surface area contributed by atoms with E-state index < -0.39 is 0 Å². The molecule has 2 fully saturated rings. The van der Waals surface area contributed by atoms with Gasteiger partial charge in [-0.05, 0) is 67.5 Å². The molecule has 1 saturated heterocycles. The van der Waals surface area contributed by atoms with E-state index in [9.17, 15) is 0 Å². The summed E-state index contributed by atoms with van der Waals surface area (Å²) in [4.78, 5) is 2.83. The Hall–Kier alpha value is -0.820. The first-order valence-corrected chi connectivity index (χ1v) is 8.42. The van der Waals surface area contributed by atoms with Gasteiger partial charge in [-0.15, -0.1) is 0 Å². The van der Waals surface area contributed by atoms with Crippen LogP contribution in [0.3, 0.4) is 0 Å². The lowest BCUT2D eigenvalue weighted by molar-refractivity contribution is 0.0284. The van der Waals surface area contributed by atoms with Crippen molar-refractivity contribution in [3.8, 4) is 0 Å². The van der Waals surface area contributed by atoms with Crippen LogP contribution >= 0.6 is 0 Å². The van der Waals surface area contributed by atoms with Gasteiger partial charge in [-0.1, -0.05) is 37.6 Å². The maximum absolute atomic E-state index is 2.83. The average molecular weight is 269 g/mol. The zero-order valence-electron chi connectivity index (χ0n) is 13.2. The Kier molecular flexibility index (Phi) is 2.79. The predicted octanol–water partition coefficient (Wildman–Crippen LogP) is 3.93. The van der Waals surface area contributed by atoms with Crippen molar-refractivity contribution in [2.75, 3.05) is 13.1 Å². The van der Waals surface area contributed by atoms with Crippen LogP contribution in [-0.4, -0.2) is 24.0 Å². The van der Waals surface area contributed by atoms with Crippen LogP contribution in [0.1, 0.15) is 49.8 Å². The van der Waals surface area contributed by atoms with Crippen molar-refractivity contribution in [1.82, 2.24) is 4.90 Å². The maximum Gasteiger partial charge on any atom is 0.0170 e. The van der Waals surface area contributed by atoms with Crippen LogP contribution in [0.25, 0.3) is 0 Å². The molecule has 0 radical (unpaired) electrons. The van der Waals surface area contributed by atoms with Gasteiger partial charge in [0.2, 0.25) is 0 Å². The SMILES string of the molecule is Cc1ccc2c(c1)C1(C)CCN(CC3CC3)C(C2)C1C. The second kappa shape index (κ2) is 4.34. The summed E-state index contributed by atoms with van der Waals surface area (Å²) in [6.07, 6.45) is 5.57. The van der Waals surface area contributed by atoms with E-state index in [0.29, 0.717) is 5.41 Å². The molecule has 0 spiro atoms. The second-order valence-electron chi connectivity index (χ2n) is 7.83. The van der Waals surface area contributed by atoms with E-state index in [1.165, 1.54) is 44.3 Å². The minimum atomic E-state index is 0.407. The summed E-state index contributed by atoms with van der Waals surface area (Å²) >= 11 is 0. The van der Waals surface area contributed by atoms with Gasteiger partial charge in [-0.25, -0.2) is 0 Å². The highest BCUT2D eigenvalue weighted by atomic mass is 15.2. The molecule has 1 heterocycles. The number of hydrogen-bond acceptors (Lipinski definition) is 1. The molecule has 1 aromatic rings. The van der Waals surface area contributed by atoms with Crippen molar-refractivity contribution in [1.29, 1.82) is 0 Å². The monoisotopic (exact) mass is 269 g/mol. The van der Waals surface area contributed by atoms with E-state index in [1.54, 1.807) is 11.1 Å². The van der Waals surface area contributed by atoms with Gasteiger partial charge in [0.1, 0.15) is 0 Å². The summed E-state index contributed by atoms with van der Waals surface area (Å²) in [7, 11) is 0. The summed E-state index contributed by atoms with van der Waals surface area (Å²) < 4.78 is 0. The van der Waals surface area contributed by atoms with Crippen LogP contribution < -0.4 is 0 Å². The molecule has 0 amide bonds. The zero-order valence-corrected chi connectivity index (χ0v) is 13.2. The van der Waals surface area contributed by atoms with Crippen molar-refractivity contribution < 1.29 is 0 Å². The highest BCUT2D eigenvalue weighted by Gasteiger charge is 2.48. The summed E-state index contributed by atoms with van der Waals surface area (Å²) in [6, 6.07) is 7.96. The van der Waals surface area contributed by atoms with Gasteiger partial charge < -0.3 is 0 Å². The Labute approximate surface area is 123 Å². The van der Waals surface area contributed by atoms with Crippen LogP contribution in [-0.2, 0) is 11.8 Å². The smallest absolute Gasteiger partial charge is 0.0170 e. The lowest BCUT2D eigenvalue weighted by atomic mass is 9.59. The van der Waals surface area contributed by atoms with E-state index in [1.807, 2.05) is 0 Å². The van der Waals surface area contributed by atoms with Gasteiger partial charge in [0.05, 0.1) is 0 Å². The van der Waals surface area contributed by atoms with Gasteiger partial charge in [0.15, 0.2) is 0 Å². The lowest BCUT2D eigenvalue weighted by Gasteiger charge is -2.55. The molecule has 1 saturated carbocycles. The molecule has 2 bridgehead atoms.